The Bertz CT molecular complexity index is 461. The molecule has 0 aromatic heterocycles. The zero-order chi connectivity index (χ0) is 14.6. The van der Waals surface area contributed by atoms with E-state index in [4.69, 9.17) is 5.73 Å². The fraction of sp³-hybridized carbons (Fsp3) is 0.462. The first-order valence-corrected chi connectivity index (χ1v) is 6.71. The number of nitrogens with one attached hydrogen (secondary N) is 1. The summed E-state index contributed by atoms with van der Waals surface area (Å²) in [5, 5.41) is 12.8. The van der Waals surface area contributed by atoms with Crippen molar-refractivity contribution in [3.63, 3.8) is 0 Å². The van der Waals surface area contributed by atoms with Crippen LogP contribution < -0.4 is 11.1 Å². The average Bonchev–Trinajstić information content (AvgIpc) is 2.24. The maximum atomic E-state index is 12.0. The summed E-state index contributed by atoms with van der Waals surface area (Å²) in [5.74, 6) is -0.288. The zero-order valence-electron chi connectivity index (χ0n) is 11.4. The molecule has 19 heavy (non-hydrogen) atoms. The second-order valence-corrected chi connectivity index (χ2v) is 6.06. The second kappa shape index (κ2) is 6.36. The number of amides is 1. The number of carbonyl (C=O) groups is 1. The molecule has 1 rings (SSSR count). The van der Waals surface area contributed by atoms with Gasteiger partial charge in [0.05, 0.1) is 11.2 Å². The van der Waals surface area contributed by atoms with E-state index in [1.165, 1.54) is 0 Å². The maximum Gasteiger partial charge on any atom is 0.253 e. The highest BCUT2D eigenvalue weighted by molar-refractivity contribution is 9.10. The van der Waals surface area contributed by atoms with Gasteiger partial charge in [0.15, 0.2) is 0 Å². The third-order valence-electron chi connectivity index (χ3n) is 2.54. The molecule has 0 aliphatic rings. The third kappa shape index (κ3) is 5.18. The van der Waals surface area contributed by atoms with Gasteiger partial charge >= 0.3 is 0 Å². The van der Waals surface area contributed by atoms with Gasteiger partial charge in [-0.2, -0.15) is 0 Å². The summed E-state index contributed by atoms with van der Waals surface area (Å²) in [6.07, 6.45) is 0. The Balaban J connectivity index is 2.65. The Morgan fingerprint density at radius 1 is 1.53 bits per heavy atom. The summed E-state index contributed by atoms with van der Waals surface area (Å²) in [6, 6.07) is 5.07. The van der Waals surface area contributed by atoms with Crippen LogP contribution >= 0.6 is 15.9 Å². The van der Waals surface area contributed by atoms with E-state index in [2.05, 4.69) is 21.2 Å². The molecular formula is C13H20BrN3O2. The summed E-state index contributed by atoms with van der Waals surface area (Å²) in [7, 11) is 3.73. The summed E-state index contributed by atoms with van der Waals surface area (Å²) in [4.78, 5) is 13.8. The smallest absolute Gasteiger partial charge is 0.253 e. The highest BCUT2D eigenvalue weighted by atomic mass is 79.9. The first-order valence-electron chi connectivity index (χ1n) is 5.91. The predicted octanol–water partition coefficient (Wildman–Crippen LogP) is 1.07. The van der Waals surface area contributed by atoms with Crippen LogP contribution in [0.25, 0.3) is 0 Å². The predicted molar refractivity (Wildman–Crippen MR) is 80.1 cm³/mol. The molecule has 0 radical (unpaired) electrons. The molecule has 0 heterocycles. The number of hydrogen-bond donors (Lipinski definition) is 3. The SMILES string of the molecule is CN(C)CC(C)(O)CNC(=O)c1ccc(Br)cc1N. The largest absolute Gasteiger partial charge is 0.398 e. The van der Waals surface area contributed by atoms with E-state index in [1.807, 2.05) is 19.0 Å². The molecule has 0 saturated heterocycles. The van der Waals surface area contributed by atoms with Gasteiger partial charge in [-0.05, 0) is 39.2 Å². The highest BCUT2D eigenvalue weighted by Crippen LogP contribution is 2.18. The summed E-state index contributed by atoms with van der Waals surface area (Å²) in [6.45, 7) is 2.31. The lowest BCUT2D eigenvalue weighted by atomic mass is 10.1. The van der Waals surface area contributed by atoms with Crippen LogP contribution in [0, 0.1) is 0 Å². The van der Waals surface area contributed by atoms with Crippen molar-refractivity contribution in [2.75, 3.05) is 32.9 Å². The van der Waals surface area contributed by atoms with Crippen molar-refractivity contribution in [1.29, 1.82) is 0 Å². The Morgan fingerprint density at radius 3 is 2.68 bits per heavy atom. The number of likely N-dealkylation sites (N-methyl/N-ethyl adjacent to an activating group) is 1. The van der Waals surface area contributed by atoms with Gasteiger partial charge in [0.2, 0.25) is 0 Å². The van der Waals surface area contributed by atoms with E-state index in [0.717, 1.165) is 4.47 Å². The summed E-state index contributed by atoms with van der Waals surface area (Å²) >= 11 is 3.29. The van der Waals surface area contributed by atoms with Crippen LogP contribution in [0.1, 0.15) is 17.3 Å². The topological polar surface area (TPSA) is 78.6 Å². The number of aliphatic hydroxyl groups is 1. The van der Waals surface area contributed by atoms with Crippen LogP contribution in [-0.2, 0) is 0 Å². The average molecular weight is 330 g/mol. The van der Waals surface area contributed by atoms with Gasteiger partial charge < -0.3 is 21.1 Å². The molecule has 1 aromatic carbocycles. The van der Waals surface area contributed by atoms with Gasteiger partial charge in [-0.15, -0.1) is 0 Å². The van der Waals surface area contributed by atoms with E-state index >= 15 is 0 Å². The normalized spacial score (nSPS) is 14.2. The van der Waals surface area contributed by atoms with Crippen LogP contribution in [0.5, 0.6) is 0 Å². The first-order chi connectivity index (χ1) is 8.71. The number of benzene rings is 1. The van der Waals surface area contributed by atoms with Crippen molar-refractivity contribution < 1.29 is 9.90 Å². The molecule has 4 N–H and O–H groups in total. The second-order valence-electron chi connectivity index (χ2n) is 5.15. The molecule has 1 unspecified atom stereocenters. The van der Waals surface area contributed by atoms with Gasteiger partial charge in [0.25, 0.3) is 5.91 Å². The minimum atomic E-state index is -0.983. The Hall–Kier alpha value is -1.11. The van der Waals surface area contributed by atoms with E-state index in [-0.39, 0.29) is 12.5 Å². The van der Waals surface area contributed by atoms with Crippen LogP contribution in [0.15, 0.2) is 22.7 Å². The highest BCUT2D eigenvalue weighted by Gasteiger charge is 2.22. The molecule has 0 bridgehead atoms. The summed E-state index contributed by atoms with van der Waals surface area (Å²) in [5.41, 5.74) is 5.61. The van der Waals surface area contributed by atoms with Gasteiger partial charge in [-0.25, -0.2) is 0 Å². The molecule has 1 atom stereocenters. The zero-order valence-corrected chi connectivity index (χ0v) is 13.0. The standard InChI is InChI=1S/C13H20BrN3O2/c1-13(19,8-17(2)3)7-16-12(18)10-5-4-9(14)6-11(10)15/h4-6,19H,7-8,15H2,1-3H3,(H,16,18). The van der Waals surface area contributed by atoms with Gasteiger partial charge in [-0.3, -0.25) is 4.79 Å². The van der Waals surface area contributed by atoms with Crippen LogP contribution in [0.4, 0.5) is 5.69 Å². The van der Waals surface area contributed by atoms with E-state index in [9.17, 15) is 9.90 Å². The van der Waals surface area contributed by atoms with Crippen molar-refractivity contribution in [3.8, 4) is 0 Å². The number of carbonyl (C=O) groups excluding carboxylic acids is 1. The third-order valence-corrected chi connectivity index (χ3v) is 3.04. The van der Waals surface area contributed by atoms with E-state index in [0.29, 0.717) is 17.8 Å². The molecule has 1 amide bonds. The minimum absolute atomic E-state index is 0.166. The fourth-order valence-corrected chi connectivity index (χ4v) is 2.22. The molecule has 106 valence electrons. The number of hydrogen-bond acceptors (Lipinski definition) is 4. The van der Waals surface area contributed by atoms with Crippen molar-refractivity contribution in [2.24, 2.45) is 0 Å². The lowest BCUT2D eigenvalue weighted by Crippen LogP contribution is -2.47. The monoisotopic (exact) mass is 329 g/mol. The van der Waals surface area contributed by atoms with Crippen LogP contribution in [0.3, 0.4) is 0 Å². The quantitative estimate of drug-likeness (QED) is 0.706. The number of nitrogens with zero attached hydrogens (tertiary/aromatic N) is 1. The first kappa shape index (κ1) is 15.9. The molecule has 0 aliphatic heterocycles. The number of halogens is 1. The Morgan fingerprint density at radius 2 is 2.16 bits per heavy atom. The lowest BCUT2D eigenvalue weighted by molar-refractivity contribution is 0.0326. The van der Waals surface area contributed by atoms with Gasteiger partial charge in [0.1, 0.15) is 0 Å². The van der Waals surface area contributed by atoms with E-state index < -0.39 is 5.60 Å². The van der Waals surface area contributed by atoms with Crippen molar-refractivity contribution >= 4 is 27.5 Å². The molecule has 0 saturated carbocycles. The number of nitrogens with two attached hydrogens (primary N) is 1. The maximum absolute atomic E-state index is 12.0. The van der Waals surface area contributed by atoms with Gasteiger partial charge in [0, 0.05) is 23.2 Å². The Labute approximate surface area is 121 Å². The summed E-state index contributed by atoms with van der Waals surface area (Å²) < 4.78 is 0.821. The number of rotatable bonds is 5. The lowest BCUT2D eigenvalue weighted by Gasteiger charge is -2.27. The van der Waals surface area contributed by atoms with E-state index in [1.54, 1.807) is 25.1 Å². The molecule has 0 aliphatic carbocycles. The molecular weight excluding hydrogens is 310 g/mol. The van der Waals surface area contributed by atoms with Crippen LogP contribution in [-0.4, -0.2) is 48.7 Å². The van der Waals surface area contributed by atoms with Crippen molar-refractivity contribution in [1.82, 2.24) is 10.2 Å². The molecule has 5 nitrogen and oxygen atoms in total. The van der Waals surface area contributed by atoms with Gasteiger partial charge in [-0.1, -0.05) is 15.9 Å². The minimum Gasteiger partial charge on any atom is -0.398 e. The Kier molecular flexibility index (Phi) is 5.34. The molecule has 0 spiro atoms. The number of anilines is 1. The molecule has 0 fully saturated rings. The van der Waals surface area contributed by atoms with Crippen molar-refractivity contribution in [3.05, 3.63) is 28.2 Å². The fourth-order valence-electron chi connectivity index (χ4n) is 1.84. The number of nitrogen functional groups attached to an aromatic ring is 1. The van der Waals surface area contributed by atoms with Crippen molar-refractivity contribution in [2.45, 2.75) is 12.5 Å². The molecule has 6 heteroatoms. The molecule has 1 aromatic rings. The van der Waals surface area contributed by atoms with Crippen LogP contribution in [0.2, 0.25) is 0 Å².